The molecule has 0 fully saturated rings. The molecular weight excluding hydrogens is 164 g/mol. The maximum atomic E-state index is 11.4. The summed E-state index contributed by atoms with van der Waals surface area (Å²) < 4.78 is 0. The zero-order valence-corrected chi connectivity index (χ0v) is 7.50. The largest absolute Gasteiger partial charge is 0.399 e. The van der Waals surface area contributed by atoms with Crippen molar-refractivity contribution in [1.82, 2.24) is 0 Å². The molecule has 1 heterocycles. The van der Waals surface area contributed by atoms with Crippen molar-refractivity contribution in [3.05, 3.63) is 23.8 Å². The van der Waals surface area contributed by atoms with Crippen molar-refractivity contribution in [2.24, 2.45) is 0 Å². The van der Waals surface area contributed by atoms with Crippen molar-refractivity contribution in [2.75, 3.05) is 11.1 Å². The summed E-state index contributed by atoms with van der Waals surface area (Å²) in [7, 11) is 0. The Labute approximate surface area is 76.9 Å². The summed E-state index contributed by atoms with van der Waals surface area (Å²) >= 11 is 0. The Balaban J connectivity index is 2.50. The minimum atomic E-state index is -0.0153. The number of nitrogen functional groups attached to an aromatic ring is 1. The molecule has 68 valence electrons. The predicted octanol–water partition coefficient (Wildman–Crippen LogP) is 1.71. The lowest BCUT2D eigenvalue weighted by Crippen LogP contribution is -2.10. The Hall–Kier alpha value is -1.51. The third-order valence-corrected chi connectivity index (χ3v) is 2.43. The molecule has 0 bridgehead atoms. The maximum Gasteiger partial charge on any atom is 0.231 e. The van der Waals surface area contributed by atoms with Crippen LogP contribution in [0.5, 0.6) is 0 Å². The molecule has 1 aromatic rings. The topological polar surface area (TPSA) is 55.1 Å². The highest BCUT2D eigenvalue weighted by molar-refractivity contribution is 6.03. The third kappa shape index (κ3) is 1.16. The molecule has 1 aliphatic heterocycles. The SMILES string of the molecule is CCC1C(=O)Nc2ccc(N)cc21. The van der Waals surface area contributed by atoms with E-state index in [2.05, 4.69) is 5.32 Å². The van der Waals surface area contributed by atoms with Gasteiger partial charge >= 0.3 is 0 Å². The Kier molecular flexibility index (Phi) is 1.72. The number of nitrogens with two attached hydrogens (primary N) is 1. The molecular formula is C10H12N2O. The van der Waals surface area contributed by atoms with Crippen LogP contribution in [0.3, 0.4) is 0 Å². The highest BCUT2D eigenvalue weighted by Crippen LogP contribution is 2.35. The molecule has 3 heteroatoms. The molecule has 0 saturated heterocycles. The van der Waals surface area contributed by atoms with E-state index < -0.39 is 0 Å². The van der Waals surface area contributed by atoms with Crippen molar-refractivity contribution in [1.29, 1.82) is 0 Å². The van der Waals surface area contributed by atoms with Crippen LogP contribution < -0.4 is 11.1 Å². The number of anilines is 2. The number of benzene rings is 1. The molecule has 0 aromatic heterocycles. The van der Waals surface area contributed by atoms with Crippen LogP contribution in [-0.4, -0.2) is 5.91 Å². The van der Waals surface area contributed by atoms with E-state index in [1.807, 2.05) is 19.1 Å². The van der Waals surface area contributed by atoms with Crippen LogP contribution in [0.1, 0.15) is 24.8 Å². The molecule has 0 saturated carbocycles. The smallest absolute Gasteiger partial charge is 0.231 e. The Morgan fingerprint density at radius 3 is 3.00 bits per heavy atom. The number of carbonyl (C=O) groups is 1. The van der Waals surface area contributed by atoms with Gasteiger partial charge in [-0.05, 0) is 30.2 Å². The van der Waals surface area contributed by atoms with E-state index in [-0.39, 0.29) is 11.8 Å². The van der Waals surface area contributed by atoms with E-state index in [1.54, 1.807) is 6.07 Å². The number of nitrogens with one attached hydrogen (secondary N) is 1. The van der Waals surface area contributed by atoms with Gasteiger partial charge in [-0.2, -0.15) is 0 Å². The van der Waals surface area contributed by atoms with Crippen LogP contribution in [-0.2, 0) is 4.79 Å². The summed E-state index contributed by atoms with van der Waals surface area (Å²) in [5.41, 5.74) is 8.31. The average Bonchev–Trinajstić information content (AvgIpc) is 2.40. The molecule has 1 aromatic carbocycles. The summed E-state index contributed by atoms with van der Waals surface area (Å²) in [5.74, 6) is 0.0709. The summed E-state index contributed by atoms with van der Waals surface area (Å²) in [5, 5.41) is 2.83. The Bertz CT molecular complexity index is 360. The van der Waals surface area contributed by atoms with Gasteiger partial charge in [-0.1, -0.05) is 6.92 Å². The normalized spacial score (nSPS) is 19.8. The number of rotatable bonds is 1. The first-order chi connectivity index (χ1) is 6.22. The van der Waals surface area contributed by atoms with Crippen LogP contribution in [0.25, 0.3) is 0 Å². The van der Waals surface area contributed by atoms with Crippen LogP contribution >= 0.6 is 0 Å². The van der Waals surface area contributed by atoms with Crippen molar-refractivity contribution in [3.63, 3.8) is 0 Å². The van der Waals surface area contributed by atoms with Gasteiger partial charge in [-0.15, -0.1) is 0 Å². The lowest BCUT2D eigenvalue weighted by Gasteiger charge is -2.04. The van der Waals surface area contributed by atoms with Gasteiger partial charge in [-0.3, -0.25) is 4.79 Å². The lowest BCUT2D eigenvalue weighted by atomic mass is 9.98. The van der Waals surface area contributed by atoms with E-state index in [1.165, 1.54) is 0 Å². The fraction of sp³-hybridized carbons (Fsp3) is 0.300. The first kappa shape index (κ1) is 8.10. The van der Waals surface area contributed by atoms with Crippen LogP contribution in [0.2, 0.25) is 0 Å². The minimum Gasteiger partial charge on any atom is -0.399 e. The van der Waals surface area contributed by atoms with Gasteiger partial charge < -0.3 is 11.1 Å². The number of fused-ring (bicyclic) bond motifs is 1. The Morgan fingerprint density at radius 1 is 1.54 bits per heavy atom. The molecule has 1 atom stereocenters. The van der Waals surface area contributed by atoms with Gasteiger partial charge in [0, 0.05) is 11.4 Å². The van der Waals surface area contributed by atoms with Gasteiger partial charge in [0.15, 0.2) is 0 Å². The molecule has 0 aliphatic carbocycles. The summed E-state index contributed by atoms with van der Waals surface area (Å²) in [6.07, 6.45) is 0.822. The van der Waals surface area contributed by atoms with Gasteiger partial charge in [0.2, 0.25) is 5.91 Å². The molecule has 0 radical (unpaired) electrons. The second-order valence-electron chi connectivity index (χ2n) is 3.30. The molecule has 1 aliphatic rings. The van der Waals surface area contributed by atoms with Crippen LogP contribution in [0.15, 0.2) is 18.2 Å². The first-order valence-corrected chi connectivity index (χ1v) is 4.42. The van der Waals surface area contributed by atoms with Crippen LogP contribution in [0, 0.1) is 0 Å². The summed E-state index contributed by atoms with van der Waals surface area (Å²) in [4.78, 5) is 11.4. The van der Waals surface area contributed by atoms with Gasteiger partial charge in [0.05, 0.1) is 5.92 Å². The molecule has 13 heavy (non-hydrogen) atoms. The molecule has 2 rings (SSSR count). The van der Waals surface area contributed by atoms with Crippen molar-refractivity contribution < 1.29 is 4.79 Å². The average molecular weight is 176 g/mol. The van der Waals surface area contributed by atoms with Crippen LogP contribution in [0.4, 0.5) is 11.4 Å². The van der Waals surface area contributed by atoms with E-state index in [0.717, 1.165) is 17.7 Å². The lowest BCUT2D eigenvalue weighted by molar-refractivity contribution is -0.117. The predicted molar refractivity (Wildman–Crippen MR) is 52.5 cm³/mol. The second kappa shape index (κ2) is 2.76. The van der Waals surface area contributed by atoms with E-state index in [9.17, 15) is 4.79 Å². The highest BCUT2D eigenvalue weighted by atomic mass is 16.2. The van der Waals surface area contributed by atoms with Gasteiger partial charge in [0.1, 0.15) is 0 Å². The molecule has 0 spiro atoms. The van der Waals surface area contributed by atoms with Crippen molar-refractivity contribution in [3.8, 4) is 0 Å². The Morgan fingerprint density at radius 2 is 2.31 bits per heavy atom. The number of hydrogen-bond donors (Lipinski definition) is 2. The van der Waals surface area contributed by atoms with Crippen molar-refractivity contribution in [2.45, 2.75) is 19.3 Å². The molecule has 3 N–H and O–H groups in total. The standard InChI is InChI=1S/C10H12N2O/c1-2-7-8-5-6(11)3-4-9(8)12-10(7)13/h3-5,7H,2,11H2,1H3,(H,12,13). The second-order valence-corrected chi connectivity index (χ2v) is 3.30. The highest BCUT2D eigenvalue weighted by Gasteiger charge is 2.28. The third-order valence-electron chi connectivity index (χ3n) is 2.43. The number of hydrogen-bond acceptors (Lipinski definition) is 2. The molecule has 3 nitrogen and oxygen atoms in total. The summed E-state index contributed by atoms with van der Waals surface area (Å²) in [6.45, 7) is 2.00. The van der Waals surface area contributed by atoms with Gasteiger partial charge in [-0.25, -0.2) is 0 Å². The molecule has 1 unspecified atom stereocenters. The zero-order chi connectivity index (χ0) is 9.42. The number of amides is 1. The quantitative estimate of drug-likeness (QED) is 0.640. The van der Waals surface area contributed by atoms with Crippen molar-refractivity contribution >= 4 is 17.3 Å². The zero-order valence-electron chi connectivity index (χ0n) is 7.50. The fourth-order valence-electron chi connectivity index (χ4n) is 1.75. The fourth-order valence-corrected chi connectivity index (χ4v) is 1.75. The molecule has 1 amide bonds. The van der Waals surface area contributed by atoms with E-state index in [4.69, 9.17) is 5.73 Å². The minimum absolute atomic E-state index is 0.0153. The maximum absolute atomic E-state index is 11.4. The number of carbonyl (C=O) groups excluding carboxylic acids is 1. The first-order valence-electron chi connectivity index (χ1n) is 4.42. The monoisotopic (exact) mass is 176 g/mol. The van der Waals surface area contributed by atoms with E-state index >= 15 is 0 Å². The van der Waals surface area contributed by atoms with E-state index in [0.29, 0.717) is 5.69 Å². The van der Waals surface area contributed by atoms with Gasteiger partial charge in [0.25, 0.3) is 0 Å². The summed E-state index contributed by atoms with van der Waals surface area (Å²) in [6, 6.07) is 5.54.